The van der Waals surface area contributed by atoms with E-state index < -0.39 is 17.5 Å². The average Bonchev–Trinajstić information content (AvgIpc) is 2.17. The fourth-order valence-corrected chi connectivity index (χ4v) is 1.12. The molecule has 1 aromatic rings. The predicted octanol–water partition coefficient (Wildman–Crippen LogP) is 0.765. The number of nitro groups is 1. The molecule has 0 amide bonds. The van der Waals surface area contributed by atoms with E-state index in [0.717, 1.165) is 0 Å². The van der Waals surface area contributed by atoms with Crippen LogP contribution in [0.15, 0.2) is 30.3 Å². The first-order chi connectivity index (χ1) is 7.09. The van der Waals surface area contributed by atoms with E-state index in [1.807, 2.05) is 0 Å². The van der Waals surface area contributed by atoms with Crippen molar-refractivity contribution in [2.75, 3.05) is 6.54 Å². The minimum atomic E-state index is -1.22. The predicted molar refractivity (Wildman–Crippen MR) is 51.5 cm³/mol. The number of rotatable bonds is 5. The van der Waals surface area contributed by atoms with Crippen LogP contribution < -0.4 is 0 Å². The van der Waals surface area contributed by atoms with Crippen molar-refractivity contribution in [1.82, 2.24) is 5.01 Å². The van der Waals surface area contributed by atoms with Crippen molar-refractivity contribution in [3.8, 4) is 0 Å². The molecule has 0 heterocycles. The number of carboxylic acids is 1. The summed E-state index contributed by atoms with van der Waals surface area (Å²) in [7, 11) is 0. The summed E-state index contributed by atoms with van der Waals surface area (Å²) in [5, 5.41) is 18.9. The molecule has 0 spiro atoms. The minimum absolute atomic E-state index is 0.0138. The molecule has 0 unspecified atom stereocenters. The van der Waals surface area contributed by atoms with E-state index in [4.69, 9.17) is 5.11 Å². The molecule has 0 bridgehead atoms. The number of carboxylic acid groups (broad SMARTS) is 1. The van der Waals surface area contributed by atoms with Gasteiger partial charge >= 0.3 is 5.97 Å². The largest absolute Gasteiger partial charge is 0.480 e. The molecule has 0 fully saturated rings. The van der Waals surface area contributed by atoms with Crippen LogP contribution in [0.4, 0.5) is 0 Å². The Hall–Kier alpha value is -2.11. The van der Waals surface area contributed by atoms with Crippen LogP contribution >= 0.6 is 0 Å². The summed E-state index contributed by atoms with van der Waals surface area (Å²) in [6, 6.07) is 8.69. The molecule has 80 valence electrons. The Bertz CT molecular complexity index is 352. The molecule has 0 aromatic heterocycles. The van der Waals surface area contributed by atoms with Gasteiger partial charge in [0.25, 0.3) is 0 Å². The van der Waals surface area contributed by atoms with E-state index in [2.05, 4.69) is 0 Å². The highest BCUT2D eigenvalue weighted by molar-refractivity contribution is 5.68. The third-order valence-corrected chi connectivity index (χ3v) is 1.76. The van der Waals surface area contributed by atoms with E-state index in [1.54, 1.807) is 30.3 Å². The number of hydrazine groups is 1. The van der Waals surface area contributed by atoms with Crippen molar-refractivity contribution in [3.63, 3.8) is 0 Å². The minimum Gasteiger partial charge on any atom is -0.480 e. The van der Waals surface area contributed by atoms with Gasteiger partial charge in [0.2, 0.25) is 0 Å². The normalized spacial score (nSPS) is 9.60. The summed E-state index contributed by atoms with van der Waals surface area (Å²) in [6.45, 7) is -0.623. The molecule has 0 aliphatic rings. The van der Waals surface area contributed by atoms with Crippen molar-refractivity contribution in [1.29, 1.82) is 0 Å². The van der Waals surface area contributed by atoms with Gasteiger partial charge in [-0.15, -0.1) is 5.01 Å². The zero-order valence-corrected chi connectivity index (χ0v) is 7.87. The summed E-state index contributed by atoms with van der Waals surface area (Å²) in [6.07, 6.45) is 0. The zero-order valence-electron chi connectivity index (χ0n) is 7.87. The van der Waals surface area contributed by atoms with Crippen molar-refractivity contribution >= 4 is 5.97 Å². The monoisotopic (exact) mass is 210 g/mol. The van der Waals surface area contributed by atoms with Gasteiger partial charge in [0.05, 0.1) is 0 Å². The molecule has 0 saturated heterocycles. The number of nitrogens with zero attached hydrogens (tertiary/aromatic N) is 2. The Morgan fingerprint density at radius 3 is 2.47 bits per heavy atom. The fraction of sp³-hybridized carbons (Fsp3) is 0.222. The Morgan fingerprint density at radius 2 is 2.00 bits per heavy atom. The highest BCUT2D eigenvalue weighted by Crippen LogP contribution is 2.03. The molecule has 1 aromatic carbocycles. The lowest BCUT2D eigenvalue weighted by atomic mass is 10.2. The molecule has 0 atom stereocenters. The standard InChI is InChI=1S/C9H10N2O4/c12-9(13)7-10(11(14)15)6-8-4-2-1-3-5-8/h1-5H,6-7H2,(H,12,13). The number of aliphatic carboxylic acids is 1. The summed E-state index contributed by atoms with van der Waals surface area (Å²) in [4.78, 5) is 20.9. The lowest BCUT2D eigenvalue weighted by Crippen LogP contribution is -2.34. The maximum Gasteiger partial charge on any atom is 0.329 e. The number of benzene rings is 1. The molecule has 1 rings (SSSR count). The van der Waals surface area contributed by atoms with Crippen LogP contribution in [0, 0.1) is 10.1 Å². The van der Waals surface area contributed by atoms with Gasteiger partial charge in [-0.1, -0.05) is 30.3 Å². The van der Waals surface area contributed by atoms with Gasteiger partial charge in [0, 0.05) is 0 Å². The molecule has 0 radical (unpaired) electrons. The third kappa shape index (κ3) is 3.63. The molecule has 0 aliphatic carbocycles. The average molecular weight is 210 g/mol. The Labute approximate surface area is 85.9 Å². The Kier molecular flexibility index (Phi) is 3.61. The van der Waals surface area contributed by atoms with Crippen LogP contribution in [0.1, 0.15) is 5.56 Å². The van der Waals surface area contributed by atoms with Crippen molar-refractivity contribution in [2.24, 2.45) is 0 Å². The van der Waals surface area contributed by atoms with Gasteiger partial charge in [-0.05, 0) is 5.56 Å². The van der Waals surface area contributed by atoms with Crippen LogP contribution in [0.3, 0.4) is 0 Å². The second kappa shape index (κ2) is 4.94. The van der Waals surface area contributed by atoms with Crippen LogP contribution in [0.25, 0.3) is 0 Å². The van der Waals surface area contributed by atoms with E-state index in [9.17, 15) is 14.9 Å². The van der Waals surface area contributed by atoms with Crippen LogP contribution in [0.2, 0.25) is 0 Å². The van der Waals surface area contributed by atoms with Crippen LogP contribution in [0.5, 0.6) is 0 Å². The molecule has 0 aliphatic heterocycles. The molecular formula is C9H10N2O4. The highest BCUT2D eigenvalue weighted by atomic mass is 16.7. The zero-order chi connectivity index (χ0) is 11.3. The Balaban J connectivity index is 2.67. The lowest BCUT2D eigenvalue weighted by Gasteiger charge is -2.11. The van der Waals surface area contributed by atoms with E-state index in [0.29, 0.717) is 10.6 Å². The molecule has 6 nitrogen and oxygen atoms in total. The first-order valence-electron chi connectivity index (χ1n) is 4.24. The van der Waals surface area contributed by atoms with Crippen molar-refractivity contribution in [3.05, 3.63) is 46.0 Å². The van der Waals surface area contributed by atoms with E-state index in [1.165, 1.54) is 0 Å². The van der Waals surface area contributed by atoms with Gasteiger partial charge < -0.3 is 5.11 Å². The van der Waals surface area contributed by atoms with E-state index in [-0.39, 0.29) is 6.54 Å². The number of hydrogen-bond acceptors (Lipinski definition) is 3. The van der Waals surface area contributed by atoms with Gasteiger partial charge in [0.15, 0.2) is 11.6 Å². The second-order valence-electron chi connectivity index (χ2n) is 2.94. The van der Waals surface area contributed by atoms with E-state index >= 15 is 0 Å². The highest BCUT2D eigenvalue weighted by Gasteiger charge is 2.18. The van der Waals surface area contributed by atoms with Crippen LogP contribution in [-0.4, -0.2) is 27.7 Å². The van der Waals surface area contributed by atoms with Gasteiger partial charge in [0.1, 0.15) is 6.54 Å². The molecule has 6 heteroatoms. The SMILES string of the molecule is O=C(O)CN(Cc1ccccc1)[N+](=O)[O-]. The van der Waals surface area contributed by atoms with Gasteiger partial charge in [-0.25, -0.2) is 10.1 Å². The quantitative estimate of drug-likeness (QED) is 0.573. The van der Waals surface area contributed by atoms with Crippen molar-refractivity contribution in [2.45, 2.75) is 6.54 Å². The topological polar surface area (TPSA) is 83.7 Å². The first-order valence-corrected chi connectivity index (χ1v) is 4.24. The third-order valence-electron chi connectivity index (χ3n) is 1.76. The summed E-state index contributed by atoms with van der Waals surface area (Å²) in [5.41, 5.74) is 0.704. The summed E-state index contributed by atoms with van der Waals surface area (Å²) < 4.78 is 0. The molecule has 0 saturated carbocycles. The molecule has 1 N–H and O–H groups in total. The van der Waals surface area contributed by atoms with Crippen LogP contribution in [-0.2, 0) is 11.3 Å². The maximum absolute atomic E-state index is 10.5. The molecular weight excluding hydrogens is 200 g/mol. The number of carbonyl (C=O) groups is 1. The summed E-state index contributed by atoms with van der Waals surface area (Å²) in [5.74, 6) is -1.22. The Morgan fingerprint density at radius 1 is 1.40 bits per heavy atom. The first kappa shape index (κ1) is 11.0. The fourth-order valence-electron chi connectivity index (χ4n) is 1.12. The second-order valence-corrected chi connectivity index (χ2v) is 2.94. The maximum atomic E-state index is 10.5. The smallest absolute Gasteiger partial charge is 0.329 e. The molecule has 15 heavy (non-hydrogen) atoms. The van der Waals surface area contributed by atoms with Crippen molar-refractivity contribution < 1.29 is 14.9 Å². The van der Waals surface area contributed by atoms with Gasteiger partial charge in [-0.3, -0.25) is 4.79 Å². The van der Waals surface area contributed by atoms with Gasteiger partial charge in [-0.2, -0.15) is 0 Å². The number of hydrogen-bond donors (Lipinski definition) is 1. The lowest BCUT2D eigenvalue weighted by molar-refractivity contribution is -0.657. The summed E-state index contributed by atoms with van der Waals surface area (Å²) >= 11 is 0.